The van der Waals surface area contributed by atoms with Gasteiger partial charge in [-0.2, -0.15) is 5.10 Å². The number of hydrogen-bond donors (Lipinski definition) is 1. The van der Waals surface area contributed by atoms with Crippen LogP contribution in [-0.4, -0.2) is 51.2 Å². The van der Waals surface area contributed by atoms with Gasteiger partial charge in [-0.3, -0.25) is 4.79 Å². The maximum atomic E-state index is 12.2. The minimum absolute atomic E-state index is 0.000927. The van der Waals surface area contributed by atoms with Gasteiger partial charge in [-0.1, -0.05) is 18.6 Å². The summed E-state index contributed by atoms with van der Waals surface area (Å²) in [5.41, 5.74) is 1.80. The molecule has 1 unspecified atom stereocenters. The predicted octanol–water partition coefficient (Wildman–Crippen LogP) is 2.32. The fraction of sp³-hybridized carbons (Fsp3) is 0.526. The summed E-state index contributed by atoms with van der Waals surface area (Å²) in [7, 11) is 0. The molecule has 1 aliphatic heterocycles. The molecule has 1 N–H and O–H groups in total. The molecule has 1 atom stereocenters. The van der Waals surface area contributed by atoms with Gasteiger partial charge >= 0.3 is 0 Å². The number of likely N-dealkylation sites (tertiary alicyclic amines) is 1. The largest absolute Gasteiger partial charge is 0.352 e. The van der Waals surface area contributed by atoms with Crippen molar-refractivity contribution in [2.45, 2.75) is 45.2 Å². The summed E-state index contributed by atoms with van der Waals surface area (Å²) < 4.78 is 1.76. The minimum atomic E-state index is -0.000927. The van der Waals surface area contributed by atoms with Gasteiger partial charge in [-0.05, 0) is 50.4 Å². The Morgan fingerprint density at radius 1 is 1.28 bits per heavy atom. The first-order valence-corrected chi connectivity index (χ1v) is 9.16. The van der Waals surface area contributed by atoms with Crippen LogP contribution in [0.5, 0.6) is 0 Å². The van der Waals surface area contributed by atoms with Crippen molar-refractivity contribution in [2.75, 3.05) is 19.6 Å². The first-order valence-electron chi connectivity index (χ1n) is 9.16. The van der Waals surface area contributed by atoms with Crippen molar-refractivity contribution >= 4 is 5.91 Å². The molecule has 2 heterocycles. The number of nitrogens with zero attached hydrogens (tertiary/aromatic N) is 4. The van der Waals surface area contributed by atoms with Crippen molar-refractivity contribution in [3.05, 3.63) is 48.0 Å². The summed E-state index contributed by atoms with van der Waals surface area (Å²) in [5.74, 6) is -0.000927. The quantitative estimate of drug-likeness (QED) is 0.785. The van der Waals surface area contributed by atoms with E-state index in [1.807, 2.05) is 24.3 Å². The third kappa shape index (κ3) is 5.13. The highest BCUT2D eigenvalue weighted by Gasteiger charge is 2.17. The highest BCUT2D eigenvalue weighted by Crippen LogP contribution is 2.16. The van der Waals surface area contributed by atoms with Gasteiger partial charge in [0, 0.05) is 24.7 Å². The van der Waals surface area contributed by atoms with E-state index in [1.165, 1.54) is 32.1 Å². The second-order valence-corrected chi connectivity index (χ2v) is 6.78. The van der Waals surface area contributed by atoms with E-state index in [9.17, 15) is 4.79 Å². The van der Waals surface area contributed by atoms with Gasteiger partial charge in [0.05, 0.1) is 6.54 Å². The summed E-state index contributed by atoms with van der Waals surface area (Å²) in [6.07, 6.45) is 8.16. The fourth-order valence-electron chi connectivity index (χ4n) is 3.34. The van der Waals surface area contributed by atoms with E-state index in [4.69, 9.17) is 0 Å². The van der Waals surface area contributed by atoms with Crippen LogP contribution in [0.2, 0.25) is 0 Å². The minimum Gasteiger partial charge on any atom is -0.352 e. The zero-order chi connectivity index (χ0) is 17.5. The Hall–Kier alpha value is -2.21. The maximum absolute atomic E-state index is 12.2. The average Bonchev–Trinajstić information content (AvgIpc) is 3.13. The topological polar surface area (TPSA) is 63.1 Å². The molecule has 0 bridgehead atoms. The highest BCUT2D eigenvalue weighted by molar-refractivity contribution is 5.94. The number of benzene rings is 1. The average molecular weight is 341 g/mol. The van der Waals surface area contributed by atoms with Gasteiger partial charge in [0.1, 0.15) is 12.7 Å². The summed E-state index contributed by atoms with van der Waals surface area (Å²) in [6, 6.07) is 8.35. The lowest BCUT2D eigenvalue weighted by Crippen LogP contribution is -2.39. The van der Waals surface area contributed by atoms with Gasteiger partial charge in [-0.15, -0.1) is 0 Å². The van der Waals surface area contributed by atoms with Crippen molar-refractivity contribution in [2.24, 2.45) is 0 Å². The Kier molecular flexibility index (Phi) is 6.17. The van der Waals surface area contributed by atoms with Gasteiger partial charge in [0.25, 0.3) is 5.91 Å². The zero-order valence-electron chi connectivity index (χ0n) is 14.9. The summed E-state index contributed by atoms with van der Waals surface area (Å²) in [4.78, 5) is 18.7. The van der Waals surface area contributed by atoms with Gasteiger partial charge in [0.2, 0.25) is 0 Å². The second-order valence-electron chi connectivity index (χ2n) is 6.78. The molecule has 0 spiro atoms. The zero-order valence-corrected chi connectivity index (χ0v) is 14.9. The Labute approximate surface area is 149 Å². The molecule has 6 nitrogen and oxygen atoms in total. The Bertz CT molecular complexity index is 653. The molecule has 2 aromatic rings. The van der Waals surface area contributed by atoms with Crippen LogP contribution in [0.4, 0.5) is 0 Å². The summed E-state index contributed by atoms with van der Waals surface area (Å²) in [6.45, 7) is 5.96. The van der Waals surface area contributed by atoms with Crippen LogP contribution in [0.25, 0.3) is 0 Å². The summed E-state index contributed by atoms with van der Waals surface area (Å²) >= 11 is 0. The molecule has 134 valence electrons. The van der Waals surface area contributed by atoms with Crippen molar-refractivity contribution < 1.29 is 4.79 Å². The highest BCUT2D eigenvalue weighted by atomic mass is 16.1. The van der Waals surface area contributed by atoms with Crippen molar-refractivity contribution in [1.29, 1.82) is 0 Å². The first-order chi connectivity index (χ1) is 12.2. The molecule has 1 fully saturated rings. The molecule has 1 aromatic carbocycles. The number of piperidine rings is 1. The van der Waals surface area contributed by atoms with E-state index in [0.717, 1.165) is 25.1 Å². The van der Waals surface area contributed by atoms with E-state index in [0.29, 0.717) is 18.2 Å². The van der Waals surface area contributed by atoms with Crippen molar-refractivity contribution in [3.63, 3.8) is 0 Å². The van der Waals surface area contributed by atoms with E-state index < -0.39 is 0 Å². The number of rotatable bonds is 7. The van der Waals surface area contributed by atoms with Crippen LogP contribution in [0, 0.1) is 0 Å². The lowest BCUT2D eigenvalue weighted by molar-refractivity contribution is 0.0949. The van der Waals surface area contributed by atoms with Crippen LogP contribution in [-0.2, 0) is 6.54 Å². The van der Waals surface area contributed by atoms with E-state index in [-0.39, 0.29) is 5.91 Å². The third-order valence-corrected chi connectivity index (χ3v) is 4.88. The van der Waals surface area contributed by atoms with Crippen LogP contribution in [0.3, 0.4) is 0 Å². The van der Waals surface area contributed by atoms with Crippen LogP contribution < -0.4 is 5.32 Å². The van der Waals surface area contributed by atoms with Crippen molar-refractivity contribution in [3.8, 4) is 0 Å². The molecular weight excluding hydrogens is 314 g/mol. The van der Waals surface area contributed by atoms with E-state index >= 15 is 0 Å². The Morgan fingerprint density at radius 2 is 2.12 bits per heavy atom. The molecule has 1 aromatic heterocycles. The number of carbonyl (C=O) groups excluding carboxylic acids is 1. The molecule has 1 amide bonds. The standard InChI is InChI=1S/C19H27N5O/c1-16-5-2-3-11-23(16)12-4-10-21-19(25)18-8-6-17(7-9-18)13-24-15-20-14-22-24/h6-9,14-16H,2-5,10-13H2,1H3,(H,21,25). The monoisotopic (exact) mass is 341 g/mol. The molecular formula is C19H27N5O. The molecule has 1 saturated heterocycles. The Morgan fingerprint density at radius 3 is 2.84 bits per heavy atom. The molecule has 0 radical (unpaired) electrons. The van der Waals surface area contributed by atoms with E-state index in [2.05, 4.69) is 27.2 Å². The van der Waals surface area contributed by atoms with Crippen LogP contribution in [0.15, 0.2) is 36.9 Å². The van der Waals surface area contributed by atoms with Crippen molar-refractivity contribution in [1.82, 2.24) is 25.0 Å². The molecule has 1 aliphatic rings. The smallest absolute Gasteiger partial charge is 0.251 e. The molecule has 6 heteroatoms. The first kappa shape index (κ1) is 17.6. The third-order valence-electron chi connectivity index (χ3n) is 4.88. The summed E-state index contributed by atoms with van der Waals surface area (Å²) in [5, 5.41) is 7.11. The SMILES string of the molecule is CC1CCCCN1CCCNC(=O)c1ccc(Cn2cncn2)cc1. The number of carbonyl (C=O) groups is 1. The number of hydrogen-bond acceptors (Lipinski definition) is 4. The van der Waals surface area contributed by atoms with E-state index in [1.54, 1.807) is 11.0 Å². The second kappa shape index (κ2) is 8.76. The van der Waals surface area contributed by atoms with Gasteiger partial charge in [-0.25, -0.2) is 9.67 Å². The van der Waals surface area contributed by atoms with Crippen LogP contribution in [0.1, 0.15) is 48.5 Å². The van der Waals surface area contributed by atoms with Crippen LogP contribution >= 0.6 is 0 Å². The lowest BCUT2D eigenvalue weighted by Gasteiger charge is -2.33. The molecule has 0 aliphatic carbocycles. The van der Waals surface area contributed by atoms with Gasteiger partial charge < -0.3 is 10.2 Å². The number of aromatic nitrogens is 3. The fourth-order valence-corrected chi connectivity index (χ4v) is 3.34. The predicted molar refractivity (Wildman–Crippen MR) is 97.4 cm³/mol. The van der Waals surface area contributed by atoms with Gasteiger partial charge in [0.15, 0.2) is 0 Å². The lowest BCUT2D eigenvalue weighted by atomic mass is 10.0. The number of amides is 1. The Balaban J connectivity index is 1.40. The molecule has 0 saturated carbocycles. The normalized spacial score (nSPS) is 18.2. The molecule has 25 heavy (non-hydrogen) atoms. The molecule has 3 rings (SSSR count). The maximum Gasteiger partial charge on any atom is 0.251 e. The number of nitrogens with one attached hydrogen (secondary N) is 1.